The molecule has 3 aromatic rings. The SMILES string of the molecule is Cc1ccc(Cl)c(NC(=O)CSc2ncnc3ccccc23)c1Cl. The maximum Gasteiger partial charge on any atom is 0.234 e. The second-order valence-corrected chi connectivity index (χ2v) is 6.84. The van der Waals surface area contributed by atoms with E-state index in [1.54, 1.807) is 6.07 Å². The first-order valence-electron chi connectivity index (χ1n) is 7.13. The van der Waals surface area contributed by atoms with Gasteiger partial charge < -0.3 is 5.32 Å². The zero-order chi connectivity index (χ0) is 17.1. The van der Waals surface area contributed by atoms with Gasteiger partial charge in [0.15, 0.2) is 0 Å². The molecule has 3 rings (SSSR count). The van der Waals surface area contributed by atoms with Crippen LogP contribution in [0.5, 0.6) is 0 Å². The molecule has 0 aliphatic carbocycles. The molecule has 2 aromatic carbocycles. The van der Waals surface area contributed by atoms with Gasteiger partial charge in [-0.15, -0.1) is 0 Å². The van der Waals surface area contributed by atoms with Crippen LogP contribution < -0.4 is 5.32 Å². The Kier molecular flexibility index (Phi) is 5.23. The highest BCUT2D eigenvalue weighted by Crippen LogP contribution is 2.33. The molecule has 0 unspecified atom stereocenters. The van der Waals surface area contributed by atoms with Crippen molar-refractivity contribution in [3.63, 3.8) is 0 Å². The Labute approximate surface area is 153 Å². The first-order valence-corrected chi connectivity index (χ1v) is 8.87. The number of para-hydroxylation sites is 1. The Morgan fingerprint density at radius 1 is 1.17 bits per heavy atom. The molecule has 0 atom stereocenters. The molecular weight excluding hydrogens is 365 g/mol. The highest BCUT2D eigenvalue weighted by molar-refractivity contribution is 8.00. The fourth-order valence-electron chi connectivity index (χ4n) is 2.18. The lowest BCUT2D eigenvalue weighted by atomic mass is 10.2. The maximum absolute atomic E-state index is 12.2. The van der Waals surface area contributed by atoms with Gasteiger partial charge in [0, 0.05) is 5.39 Å². The van der Waals surface area contributed by atoms with Crippen molar-refractivity contribution >= 4 is 57.5 Å². The average molecular weight is 378 g/mol. The van der Waals surface area contributed by atoms with Crippen LogP contribution in [0.15, 0.2) is 47.8 Å². The molecule has 0 spiro atoms. The summed E-state index contributed by atoms with van der Waals surface area (Å²) < 4.78 is 0. The number of rotatable bonds is 4. The first-order chi connectivity index (χ1) is 11.6. The maximum atomic E-state index is 12.2. The number of nitrogens with zero attached hydrogens (tertiary/aromatic N) is 2. The first kappa shape index (κ1) is 17.0. The summed E-state index contributed by atoms with van der Waals surface area (Å²) in [6.07, 6.45) is 1.50. The zero-order valence-corrected chi connectivity index (χ0v) is 15.0. The lowest BCUT2D eigenvalue weighted by molar-refractivity contribution is -0.113. The van der Waals surface area contributed by atoms with Crippen molar-refractivity contribution in [2.45, 2.75) is 11.9 Å². The molecule has 0 radical (unpaired) electrons. The van der Waals surface area contributed by atoms with Gasteiger partial charge in [0.1, 0.15) is 11.4 Å². The molecule has 24 heavy (non-hydrogen) atoms. The minimum absolute atomic E-state index is 0.196. The van der Waals surface area contributed by atoms with E-state index in [2.05, 4.69) is 15.3 Å². The van der Waals surface area contributed by atoms with E-state index in [1.165, 1.54) is 18.1 Å². The molecule has 0 saturated heterocycles. The Morgan fingerprint density at radius 3 is 2.79 bits per heavy atom. The number of fused-ring (bicyclic) bond motifs is 1. The number of hydrogen-bond donors (Lipinski definition) is 1. The number of amides is 1. The van der Waals surface area contributed by atoms with Gasteiger partial charge in [-0.05, 0) is 24.6 Å². The van der Waals surface area contributed by atoms with E-state index in [0.29, 0.717) is 15.7 Å². The summed E-state index contributed by atoms with van der Waals surface area (Å²) in [4.78, 5) is 20.7. The van der Waals surface area contributed by atoms with Crippen molar-refractivity contribution in [2.75, 3.05) is 11.1 Å². The molecule has 0 aliphatic heterocycles. The third-order valence-corrected chi connectivity index (χ3v) is 5.20. The summed E-state index contributed by atoms with van der Waals surface area (Å²) in [5, 5.41) is 5.32. The van der Waals surface area contributed by atoms with Gasteiger partial charge >= 0.3 is 0 Å². The number of benzene rings is 2. The van der Waals surface area contributed by atoms with Gasteiger partial charge in [0.25, 0.3) is 0 Å². The normalized spacial score (nSPS) is 10.8. The third kappa shape index (κ3) is 3.64. The van der Waals surface area contributed by atoms with E-state index in [4.69, 9.17) is 23.2 Å². The third-order valence-electron chi connectivity index (χ3n) is 3.39. The van der Waals surface area contributed by atoms with Crippen LogP contribution in [0.4, 0.5) is 5.69 Å². The van der Waals surface area contributed by atoms with Crippen molar-refractivity contribution in [3.8, 4) is 0 Å². The zero-order valence-electron chi connectivity index (χ0n) is 12.7. The second-order valence-electron chi connectivity index (χ2n) is 5.09. The monoisotopic (exact) mass is 377 g/mol. The Bertz CT molecular complexity index is 912. The number of aromatic nitrogens is 2. The van der Waals surface area contributed by atoms with E-state index in [9.17, 15) is 4.79 Å². The van der Waals surface area contributed by atoms with Crippen LogP contribution in [-0.2, 0) is 4.79 Å². The minimum Gasteiger partial charge on any atom is -0.323 e. The van der Waals surface area contributed by atoms with Crippen molar-refractivity contribution in [1.29, 1.82) is 0 Å². The largest absolute Gasteiger partial charge is 0.323 e. The number of aryl methyl sites for hydroxylation is 1. The van der Waals surface area contributed by atoms with Crippen LogP contribution in [-0.4, -0.2) is 21.6 Å². The topological polar surface area (TPSA) is 54.9 Å². The second kappa shape index (κ2) is 7.38. The standard InChI is InChI=1S/C17H13Cl2N3OS/c1-10-6-7-12(18)16(15(10)19)22-14(23)8-24-17-11-4-2-3-5-13(11)20-9-21-17/h2-7,9H,8H2,1H3,(H,22,23). The van der Waals surface area contributed by atoms with Crippen LogP contribution in [0.1, 0.15) is 5.56 Å². The van der Waals surface area contributed by atoms with E-state index < -0.39 is 0 Å². The highest BCUT2D eigenvalue weighted by atomic mass is 35.5. The Morgan fingerprint density at radius 2 is 1.96 bits per heavy atom. The van der Waals surface area contributed by atoms with E-state index >= 15 is 0 Å². The summed E-state index contributed by atoms with van der Waals surface area (Å²) in [7, 11) is 0. The molecule has 0 fully saturated rings. The number of carbonyl (C=O) groups excluding carboxylic acids is 1. The van der Waals surface area contributed by atoms with Crippen LogP contribution in [0, 0.1) is 6.92 Å². The quantitative estimate of drug-likeness (QED) is 0.514. The van der Waals surface area contributed by atoms with Crippen molar-refractivity contribution in [2.24, 2.45) is 0 Å². The Hall–Kier alpha value is -1.82. The van der Waals surface area contributed by atoms with Crippen molar-refractivity contribution < 1.29 is 4.79 Å². The van der Waals surface area contributed by atoms with Crippen molar-refractivity contribution in [1.82, 2.24) is 9.97 Å². The predicted molar refractivity (Wildman–Crippen MR) is 100 cm³/mol. The van der Waals surface area contributed by atoms with Gasteiger partial charge in [-0.1, -0.05) is 59.2 Å². The molecule has 4 nitrogen and oxygen atoms in total. The molecule has 1 aromatic heterocycles. The smallest absolute Gasteiger partial charge is 0.234 e. The number of carbonyl (C=O) groups is 1. The Balaban J connectivity index is 1.73. The molecule has 7 heteroatoms. The molecule has 0 bridgehead atoms. The summed E-state index contributed by atoms with van der Waals surface area (Å²) in [6, 6.07) is 11.2. The molecule has 1 heterocycles. The number of halogens is 2. The lowest BCUT2D eigenvalue weighted by Crippen LogP contribution is -2.15. The number of anilines is 1. The fraction of sp³-hybridized carbons (Fsp3) is 0.118. The van der Waals surface area contributed by atoms with E-state index in [-0.39, 0.29) is 11.7 Å². The summed E-state index contributed by atoms with van der Waals surface area (Å²) in [5.74, 6) is -0.00110. The van der Waals surface area contributed by atoms with Gasteiger partial charge in [-0.2, -0.15) is 0 Å². The van der Waals surface area contributed by atoms with Crippen molar-refractivity contribution in [3.05, 3.63) is 58.3 Å². The molecular formula is C17H13Cl2N3OS. The van der Waals surface area contributed by atoms with Crippen LogP contribution in [0.3, 0.4) is 0 Å². The molecule has 122 valence electrons. The molecule has 0 aliphatic rings. The van der Waals surface area contributed by atoms with Gasteiger partial charge in [0.05, 0.1) is 27.0 Å². The van der Waals surface area contributed by atoms with Crippen LogP contribution >= 0.6 is 35.0 Å². The molecule has 0 saturated carbocycles. The van der Waals surface area contributed by atoms with Crippen LogP contribution in [0.25, 0.3) is 10.9 Å². The summed E-state index contributed by atoms with van der Waals surface area (Å²) in [5.41, 5.74) is 2.14. The van der Waals surface area contributed by atoms with Crippen LogP contribution in [0.2, 0.25) is 10.0 Å². The number of hydrogen-bond acceptors (Lipinski definition) is 4. The number of nitrogens with one attached hydrogen (secondary N) is 1. The summed E-state index contributed by atoms with van der Waals surface area (Å²) in [6.45, 7) is 1.86. The number of thioether (sulfide) groups is 1. The molecule has 1 N–H and O–H groups in total. The van der Waals surface area contributed by atoms with Gasteiger partial charge in [-0.3, -0.25) is 4.79 Å². The van der Waals surface area contributed by atoms with Gasteiger partial charge in [-0.25, -0.2) is 9.97 Å². The van der Waals surface area contributed by atoms with E-state index in [0.717, 1.165) is 21.5 Å². The fourth-order valence-corrected chi connectivity index (χ4v) is 3.43. The minimum atomic E-state index is -0.197. The van der Waals surface area contributed by atoms with Gasteiger partial charge in [0.2, 0.25) is 5.91 Å². The lowest BCUT2D eigenvalue weighted by Gasteiger charge is -2.11. The average Bonchev–Trinajstić information content (AvgIpc) is 2.60. The van der Waals surface area contributed by atoms with E-state index in [1.807, 2.05) is 37.3 Å². The predicted octanol–water partition coefficient (Wildman–Crippen LogP) is 4.98. The summed E-state index contributed by atoms with van der Waals surface area (Å²) >= 11 is 13.7. The molecule has 1 amide bonds. The highest BCUT2D eigenvalue weighted by Gasteiger charge is 2.13.